The van der Waals surface area contributed by atoms with Gasteiger partial charge in [-0.2, -0.15) is 16.7 Å². The van der Waals surface area contributed by atoms with E-state index in [4.69, 9.17) is 10.3 Å². The first kappa shape index (κ1) is 12.9. The number of nitrogens with zero attached hydrogens (tertiary/aromatic N) is 3. The predicted octanol–water partition coefficient (Wildman–Crippen LogP) is 1.45. The Balaban J connectivity index is 2.12. The van der Waals surface area contributed by atoms with Crippen molar-refractivity contribution in [1.82, 2.24) is 15.0 Å². The quantitative estimate of drug-likeness (QED) is 0.882. The van der Waals surface area contributed by atoms with Crippen LogP contribution in [0.4, 0.5) is 0 Å². The van der Waals surface area contributed by atoms with Crippen LogP contribution in [-0.2, 0) is 0 Å². The van der Waals surface area contributed by atoms with E-state index in [9.17, 15) is 0 Å². The molecule has 2 rings (SSSR count). The first-order valence-electron chi connectivity index (χ1n) is 5.96. The van der Waals surface area contributed by atoms with E-state index in [1.54, 1.807) is 0 Å². The van der Waals surface area contributed by atoms with Crippen LogP contribution in [0.2, 0.25) is 0 Å². The topological polar surface area (TPSA) is 68.2 Å². The third-order valence-electron chi connectivity index (χ3n) is 3.15. The Bertz CT molecular complexity index is 368. The van der Waals surface area contributed by atoms with E-state index >= 15 is 0 Å². The molecule has 0 saturated carbocycles. The molecular weight excluding hydrogens is 236 g/mol. The second-order valence-corrected chi connectivity index (χ2v) is 5.98. The molecule has 0 aliphatic carbocycles. The van der Waals surface area contributed by atoms with Gasteiger partial charge in [-0.1, -0.05) is 19.0 Å². The van der Waals surface area contributed by atoms with Crippen molar-refractivity contribution < 1.29 is 4.52 Å². The maximum Gasteiger partial charge on any atom is 0.243 e. The van der Waals surface area contributed by atoms with Crippen molar-refractivity contribution in [2.45, 2.75) is 25.9 Å². The zero-order valence-corrected chi connectivity index (χ0v) is 11.4. The largest absolute Gasteiger partial charge is 0.338 e. The van der Waals surface area contributed by atoms with Crippen molar-refractivity contribution in [2.75, 3.05) is 25.1 Å². The normalized spacial score (nSPS) is 24.2. The maximum atomic E-state index is 6.00. The number of aromatic nitrogens is 2. The molecular formula is C11H20N4OS. The monoisotopic (exact) mass is 256 g/mol. The summed E-state index contributed by atoms with van der Waals surface area (Å²) in [6, 6.07) is 0.0865. The van der Waals surface area contributed by atoms with E-state index in [-0.39, 0.29) is 12.1 Å². The Kier molecular flexibility index (Phi) is 4.06. The van der Waals surface area contributed by atoms with Crippen molar-refractivity contribution in [2.24, 2.45) is 11.7 Å². The van der Waals surface area contributed by atoms with Gasteiger partial charge in [0.25, 0.3) is 0 Å². The summed E-state index contributed by atoms with van der Waals surface area (Å²) >= 11 is 1.93. The standard InChI is InChI=1S/C11H20N4OS/c1-7(2)9(12)11-13-10(14-16-11)8-6-17-5-4-15(8)3/h7-9H,4-6,12H2,1-3H3/t8?,9-/m1/s1. The minimum atomic E-state index is -0.169. The summed E-state index contributed by atoms with van der Waals surface area (Å²) in [5.41, 5.74) is 6.00. The molecule has 96 valence electrons. The summed E-state index contributed by atoms with van der Waals surface area (Å²) in [6.07, 6.45) is 0. The second-order valence-electron chi connectivity index (χ2n) is 4.83. The minimum Gasteiger partial charge on any atom is -0.338 e. The summed E-state index contributed by atoms with van der Waals surface area (Å²) in [5, 5.41) is 4.07. The van der Waals surface area contributed by atoms with Crippen LogP contribution in [0.25, 0.3) is 0 Å². The third kappa shape index (κ3) is 2.81. The van der Waals surface area contributed by atoms with Gasteiger partial charge >= 0.3 is 0 Å². The summed E-state index contributed by atoms with van der Waals surface area (Å²) in [4.78, 5) is 6.72. The van der Waals surface area contributed by atoms with E-state index in [2.05, 4.69) is 35.9 Å². The minimum absolute atomic E-state index is 0.169. The molecule has 1 aliphatic heterocycles. The average molecular weight is 256 g/mol. The lowest BCUT2D eigenvalue weighted by molar-refractivity contribution is 0.255. The summed E-state index contributed by atoms with van der Waals surface area (Å²) in [5.74, 6) is 3.82. The van der Waals surface area contributed by atoms with Gasteiger partial charge in [0.1, 0.15) is 0 Å². The zero-order chi connectivity index (χ0) is 12.4. The van der Waals surface area contributed by atoms with E-state index in [1.165, 1.54) is 5.75 Å². The Morgan fingerprint density at radius 3 is 2.94 bits per heavy atom. The molecule has 1 aromatic heterocycles. The van der Waals surface area contributed by atoms with E-state index in [1.807, 2.05) is 11.8 Å². The smallest absolute Gasteiger partial charge is 0.243 e. The molecule has 1 fully saturated rings. The number of thioether (sulfide) groups is 1. The number of hydrogen-bond acceptors (Lipinski definition) is 6. The molecule has 1 aromatic rings. The molecule has 2 N–H and O–H groups in total. The lowest BCUT2D eigenvalue weighted by atomic mass is 10.1. The van der Waals surface area contributed by atoms with Gasteiger partial charge in [0.05, 0.1) is 12.1 Å². The lowest BCUT2D eigenvalue weighted by Gasteiger charge is -2.29. The molecule has 0 aromatic carbocycles. The molecule has 0 bridgehead atoms. The number of hydrogen-bond donors (Lipinski definition) is 1. The fourth-order valence-corrected chi connectivity index (χ4v) is 2.97. The van der Waals surface area contributed by atoms with Gasteiger partial charge in [0.2, 0.25) is 5.89 Å². The Morgan fingerprint density at radius 2 is 2.29 bits per heavy atom. The molecule has 17 heavy (non-hydrogen) atoms. The van der Waals surface area contributed by atoms with E-state index in [0.717, 1.165) is 18.1 Å². The van der Waals surface area contributed by atoms with Gasteiger partial charge in [-0.25, -0.2) is 0 Å². The van der Waals surface area contributed by atoms with Crippen LogP contribution in [0.15, 0.2) is 4.52 Å². The molecule has 1 aliphatic rings. The van der Waals surface area contributed by atoms with Crippen LogP contribution in [0.5, 0.6) is 0 Å². The molecule has 1 saturated heterocycles. The van der Waals surface area contributed by atoms with Gasteiger partial charge in [0.15, 0.2) is 5.82 Å². The fraction of sp³-hybridized carbons (Fsp3) is 0.818. The Hall–Kier alpha value is -0.590. The third-order valence-corrected chi connectivity index (χ3v) is 4.18. The highest BCUT2D eigenvalue weighted by molar-refractivity contribution is 7.99. The molecule has 2 heterocycles. The van der Waals surface area contributed by atoms with E-state index < -0.39 is 0 Å². The predicted molar refractivity (Wildman–Crippen MR) is 68.8 cm³/mol. The molecule has 0 radical (unpaired) electrons. The molecule has 5 nitrogen and oxygen atoms in total. The van der Waals surface area contributed by atoms with Crippen LogP contribution >= 0.6 is 11.8 Å². The van der Waals surface area contributed by atoms with Crippen LogP contribution in [0.3, 0.4) is 0 Å². The van der Waals surface area contributed by atoms with Crippen molar-refractivity contribution in [3.05, 3.63) is 11.7 Å². The van der Waals surface area contributed by atoms with Crippen molar-refractivity contribution in [3.63, 3.8) is 0 Å². The molecule has 0 spiro atoms. The van der Waals surface area contributed by atoms with Crippen LogP contribution in [0.1, 0.15) is 37.6 Å². The molecule has 6 heteroatoms. The Morgan fingerprint density at radius 1 is 1.53 bits per heavy atom. The highest BCUT2D eigenvalue weighted by atomic mass is 32.2. The van der Waals surface area contributed by atoms with Crippen molar-refractivity contribution >= 4 is 11.8 Å². The summed E-state index contributed by atoms with van der Waals surface area (Å²) in [6.45, 7) is 5.17. The molecule has 0 amide bonds. The summed E-state index contributed by atoms with van der Waals surface area (Å²) < 4.78 is 5.27. The SMILES string of the molecule is CC(C)[C@@H](N)c1nc(C2CSCCN2C)no1. The lowest BCUT2D eigenvalue weighted by Crippen LogP contribution is -2.33. The van der Waals surface area contributed by atoms with Gasteiger partial charge in [0, 0.05) is 18.1 Å². The zero-order valence-electron chi connectivity index (χ0n) is 10.6. The van der Waals surface area contributed by atoms with Crippen molar-refractivity contribution in [3.8, 4) is 0 Å². The highest BCUT2D eigenvalue weighted by Crippen LogP contribution is 2.27. The molecule has 2 atom stereocenters. The first-order chi connectivity index (χ1) is 8.09. The first-order valence-corrected chi connectivity index (χ1v) is 7.12. The fourth-order valence-electron chi connectivity index (χ4n) is 1.76. The van der Waals surface area contributed by atoms with Gasteiger partial charge in [-0.3, -0.25) is 4.90 Å². The second kappa shape index (κ2) is 5.37. The molecule has 1 unspecified atom stereocenters. The van der Waals surface area contributed by atoms with Gasteiger partial charge < -0.3 is 10.3 Å². The van der Waals surface area contributed by atoms with Gasteiger partial charge in [-0.15, -0.1) is 0 Å². The van der Waals surface area contributed by atoms with Crippen LogP contribution in [0, 0.1) is 5.92 Å². The number of nitrogens with two attached hydrogens (primary N) is 1. The Labute approximate surface area is 106 Å². The van der Waals surface area contributed by atoms with Crippen LogP contribution in [-0.4, -0.2) is 40.1 Å². The maximum absolute atomic E-state index is 6.00. The van der Waals surface area contributed by atoms with Crippen LogP contribution < -0.4 is 5.73 Å². The highest BCUT2D eigenvalue weighted by Gasteiger charge is 2.27. The van der Waals surface area contributed by atoms with Crippen molar-refractivity contribution in [1.29, 1.82) is 0 Å². The number of rotatable bonds is 3. The van der Waals surface area contributed by atoms with E-state index in [0.29, 0.717) is 11.8 Å². The summed E-state index contributed by atoms with van der Waals surface area (Å²) in [7, 11) is 2.10. The van der Waals surface area contributed by atoms with Gasteiger partial charge in [-0.05, 0) is 13.0 Å². The average Bonchev–Trinajstić information content (AvgIpc) is 2.77.